The summed E-state index contributed by atoms with van der Waals surface area (Å²) >= 11 is 0. The lowest BCUT2D eigenvalue weighted by molar-refractivity contribution is -0.127. The zero-order valence-electron chi connectivity index (χ0n) is 19.0. The Kier molecular flexibility index (Phi) is 6.99. The first-order valence-electron chi connectivity index (χ1n) is 12.2. The van der Waals surface area contributed by atoms with E-state index in [1.165, 1.54) is 12.8 Å². The van der Waals surface area contributed by atoms with Crippen molar-refractivity contribution in [2.75, 3.05) is 43.1 Å². The SMILES string of the molecule is C[C@@H]1[C@H](C)CCC[C@H]1NC(=O)C1CCC(CNc2c(N3CCOCC3)c(=O)c2=O)CC1. The zero-order valence-corrected chi connectivity index (χ0v) is 19.0. The van der Waals surface area contributed by atoms with Crippen molar-refractivity contribution >= 4 is 17.3 Å². The average Bonchev–Trinajstić information content (AvgIpc) is 2.80. The number of nitrogens with zero attached hydrogens (tertiary/aromatic N) is 1. The summed E-state index contributed by atoms with van der Waals surface area (Å²) in [5, 5.41) is 6.61. The van der Waals surface area contributed by atoms with Crippen LogP contribution in [-0.2, 0) is 9.53 Å². The lowest BCUT2D eigenvalue weighted by atomic mass is 9.77. The monoisotopic (exact) mass is 431 g/mol. The van der Waals surface area contributed by atoms with E-state index in [0.29, 0.717) is 68.0 Å². The highest BCUT2D eigenvalue weighted by Gasteiger charge is 2.33. The Bertz CT molecular complexity index is 832. The molecule has 1 amide bonds. The number of anilines is 2. The van der Waals surface area contributed by atoms with Gasteiger partial charge >= 0.3 is 0 Å². The quantitative estimate of drug-likeness (QED) is 0.672. The molecule has 1 aromatic carbocycles. The van der Waals surface area contributed by atoms with Gasteiger partial charge in [-0.05, 0) is 49.9 Å². The van der Waals surface area contributed by atoms with Crippen LogP contribution in [0.15, 0.2) is 9.59 Å². The maximum atomic E-state index is 12.8. The van der Waals surface area contributed by atoms with Gasteiger partial charge in [0.1, 0.15) is 11.4 Å². The van der Waals surface area contributed by atoms with Crippen LogP contribution < -0.4 is 26.4 Å². The maximum absolute atomic E-state index is 12.8. The van der Waals surface area contributed by atoms with E-state index in [1.54, 1.807) is 0 Å². The summed E-state index contributed by atoms with van der Waals surface area (Å²) in [6.07, 6.45) is 7.33. The summed E-state index contributed by atoms with van der Waals surface area (Å²) in [4.78, 5) is 38.9. The van der Waals surface area contributed by atoms with Crippen LogP contribution in [0.1, 0.15) is 58.8 Å². The molecule has 3 aliphatic rings. The van der Waals surface area contributed by atoms with Crippen LogP contribution in [0.4, 0.5) is 11.4 Å². The summed E-state index contributed by atoms with van der Waals surface area (Å²) < 4.78 is 5.35. The Hall–Kier alpha value is -1.89. The third-order valence-corrected chi connectivity index (χ3v) is 8.03. The summed E-state index contributed by atoms with van der Waals surface area (Å²) in [6.45, 7) is 7.72. The van der Waals surface area contributed by atoms with Crippen molar-refractivity contribution in [3.05, 3.63) is 20.4 Å². The van der Waals surface area contributed by atoms with Crippen molar-refractivity contribution < 1.29 is 9.53 Å². The first-order valence-corrected chi connectivity index (χ1v) is 12.2. The number of hydrogen-bond donors (Lipinski definition) is 2. The number of carbonyl (C=O) groups is 1. The second-order valence-electron chi connectivity index (χ2n) is 9.96. The van der Waals surface area contributed by atoms with E-state index < -0.39 is 5.43 Å². The van der Waals surface area contributed by atoms with Crippen molar-refractivity contribution in [2.24, 2.45) is 23.7 Å². The topological polar surface area (TPSA) is 87.7 Å². The first kappa shape index (κ1) is 22.3. The predicted molar refractivity (Wildman–Crippen MR) is 122 cm³/mol. The minimum atomic E-state index is -0.398. The Labute approximate surface area is 184 Å². The fourth-order valence-corrected chi connectivity index (χ4v) is 5.59. The van der Waals surface area contributed by atoms with Gasteiger partial charge in [0.25, 0.3) is 10.9 Å². The van der Waals surface area contributed by atoms with Crippen LogP contribution in [0.2, 0.25) is 0 Å². The minimum Gasteiger partial charge on any atom is -0.380 e. The van der Waals surface area contributed by atoms with E-state index in [1.807, 2.05) is 4.90 Å². The molecule has 1 aromatic rings. The lowest BCUT2D eigenvalue weighted by Crippen LogP contribution is -2.47. The van der Waals surface area contributed by atoms with Gasteiger partial charge in [-0.1, -0.05) is 26.7 Å². The summed E-state index contributed by atoms with van der Waals surface area (Å²) in [7, 11) is 0. The highest BCUT2D eigenvalue weighted by atomic mass is 16.5. The number of amides is 1. The minimum absolute atomic E-state index is 0.107. The van der Waals surface area contributed by atoms with Crippen LogP contribution in [0.3, 0.4) is 0 Å². The predicted octanol–water partition coefficient (Wildman–Crippen LogP) is 2.28. The third kappa shape index (κ3) is 4.81. The molecule has 1 heterocycles. The molecule has 0 radical (unpaired) electrons. The molecule has 0 aromatic heterocycles. The maximum Gasteiger partial charge on any atom is 0.253 e. The third-order valence-electron chi connectivity index (χ3n) is 8.03. The van der Waals surface area contributed by atoms with E-state index in [-0.39, 0.29) is 17.3 Å². The highest BCUT2D eigenvalue weighted by Crippen LogP contribution is 2.32. The largest absolute Gasteiger partial charge is 0.380 e. The van der Waals surface area contributed by atoms with Crippen LogP contribution in [0.5, 0.6) is 0 Å². The lowest BCUT2D eigenvalue weighted by Gasteiger charge is -2.36. The summed E-state index contributed by atoms with van der Waals surface area (Å²) in [6, 6.07) is 0.323. The normalized spacial score (nSPS) is 32.1. The second-order valence-corrected chi connectivity index (χ2v) is 9.96. The summed E-state index contributed by atoms with van der Waals surface area (Å²) in [5.74, 6) is 2.00. The molecule has 7 nitrogen and oxygen atoms in total. The van der Waals surface area contributed by atoms with Crippen molar-refractivity contribution in [3.63, 3.8) is 0 Å². The smallest absolute Gasteiger partial charge is 0.253 e. The molecule has 3 atom stereocenters. The van der Waals surface area contributed by atoms with Crippen LogP contribution >= 0.6 is 0 Å². The molecule has 172 valence electrons. The van der Waals surface area contributed by atoms with Gasteiger partial charge in [0.05, 0.1) is 13.2 Å². The number of morpholine rings is 1. The van der Waals surface area contributed by atoms with Gasteiger partial charge < -0.3 is 20.3 Å². The van der Waals surface area contributed by atoms with Crippen molar-refractivity contribution in [3.8, 4) is 0 Å². The zero-order chi connectivity index (χ0) is 22.0. The van der Waals surface area contributed by atoms with Crippen molar-refractivity contribution in [2.45, 2.75) is 64.8 Å². The van der Waals surface area contributed by atoms with E-state index in [9.17, 15) is 14.4 Å². The molecule has 2 aliphatic carbocycles. The van der Waals surface area contributed by atoms with E-state index >= 15 is 0 Å². The molecule has 2 N–H and O–H groups in total. The average molecular weight is 432 g/mol. The summed E-state index contributed by atoms with van der Waals surface area (Å²) in [5.41, 5.74) is 0.241. The molecule has 31 heavy (non-hydrogen) atoms. The Balaban J connectivity index is 1.24. The van der Waals surface area contributed by atoms with Gasteiger partial charge in [-0.25, -0.2) is 0 Å². The van der Waals surface area contributed by atoms with E-state index in [4.69, 9.17) is 4.74 Å². The molecule has 4 rings (SSSR count). The van der Waals surface area contributed by atoms with E-state index in [2.05, 4.69) is 24.5 Å². The molecule has 0 bridgehead atoms. The standard InChI is InChI=1S/C24H37N3O4/c1-15-4-3-5-19(16(15)2)26-24(30)18-8-6-17(7-9-18)14-25-20-21(23(29)22(20)28)27-10-12-31-13-11-27/h15-19,25H,3-14H2,1-2H3,(H,26,30)/t15-,16-,17?,18?,19-/m1/s1. The second kappa shape index (κ2) is 9.72. The van der Waals surface area contributed by atoms with Gasteiger partial charge in [-0.2, -0.15) is 0 Å². The molecule has 0 spiro atoms. The van der Waals surface area contributed by atoms with Gasteiger partial charge in [-0.15, -0.1) is 0 Å². The molecule has 2 saturated carbocycles. The van der Waals surface area contributed by atoms with Gasteiger partial charge in [0.2, 0.25) is 5.91 Å². The van der Waals surface area contributed by atoms with E-state index in [0.717, 1.165) is 32.1 Å². The fraction of sp³-hybridized carbons (Fsp3) is 0.792. The number of rotatable bonds is 6. The molecule has 1 saturated heterocycles. The number of carbonyl (C=O) groups excluding carboxylic acids is 1. The number of nitrogens with one attached hydrogen (secondary N) is 2. The molecular formula is C24H37N3O4. The number of hydrogen-bond acceptors (Lipinski definition) is 6. The fourth-order valence-electron chi connectivity index (χ4n) is 5.59. The number of ether oxygens (including phenoxy) is 1. The van der Waals surface area contributed by atoms with Gasteiger partial charge in [-0.3, -0.25) is 14.4 Å². The van der Waals surface area contributed by atoms with Crippen LogP contribution in [0, 0.1) is 23.7 Å². The van der Waals surface area contributed by atoms with Gasteiger partial charge in [0, 0.05) is 31.6 Å². The van der Waals surface area contributed by atoms with Crippen molar-refractivity contribution in [1.82, 2.24) is 5.32 Å². The Morgan fingerprint density at radius 2 is 1.71 bits per heavy atom. The molecule has 3 fully saturated rings. The molecule has 1 aliphatic heterocycles. The molecular weight excluding hydrogens is 394 g/mol. The highest BCUT2D eigenvalue weighted by molar-refractivity contribution is 5.79. The first-order chi connectivity index (χ1) is 15.0. The Morgan fingerprint density at radius 1 is 1.00 bits per heavy atom. The van der Waals surface area contributed by atoms with Gasteiger partial charge in [0.15, 0.2) is 0 Å². The van der Waals surface area contributed by atoms with Crippen LogP contribution in [-0.4, -0.2) is 44.8 Å². The molecule has 7 heteroatoms. The van der Waals surface area contributed by atoms with Crippen LogP contribution in [0.25, 0.3) is 0 Å². The van der Waals surface area contributed by atoms with Crippen molar-refractivity contribution in [1.29, 1.82) is 0 Å². The Morgan fingerprint density at radius 3 is 2.42 bits per heavy atom. The molecule has 0 unspecified atom stereocenters.